The molecule has 0 spiro atoms. The van der Waals surface area contributed by atoms with Crippen LogP contribution < -0.4 is 10.8 Å². The van der Waals surface area contributed by atoms with E-state index in [-0.39, 0.29) is 5.69 Å². The number of nitrogens with one attached hydrogen (secondary N) is 2. The molecular formula is C13H7ClF3IN2O2. The second kappa shape index (κ2) is 6.71. The van der Waals surface area contributed by atoms with E-state index in [9.17, 15) is 18.0 Å². The predicted octanol–water partition coefficient (Wildman–Crippen LogP) is 4.22. The molecule has 2 aromatic carbocycles. The van der Waals surface area contributed by atoms with E-state index in [0.717, 1.165) is 6.07 Å². The van der Waals surface area contributed by atoms with Gasteiger partial charge in [-0.3, -0.25) is 10.0 Å². The van der Waals surface area contributed by atoms with Gasteiger partial charge in [-0.1, -0.05) is 11.6 Å². The van der Waals surface area contributed by atoms with Crippen molar-refractivity contribution in [3.05, 3.63) is 55.9 Å². The highest BCUT2D eigenvalue weighted by Crippen LogP contribution is 2.32. The standard InChI is InChI=1S/C13H7ClF3IN2O2/c14-7-4-6(13(21)20-22)12(11(17)10(7)16)19-9-2-1-5(18)3-8(9)15/h1-4,19,22H,(H,20,21). The molecular weight excluding hydrogens is 436 g/mol. The number of carbonyl (C=O) groups is 1. The van der Waals surface area contributed by atoms with E-state index in [1.807, 2.05) is 22.6 Å². The number of carbonyl (C=O) groups excluding carboxylic acids is 1. The van der Waals surface area contributed by atoms with Crippen molar-refractivity contribution in [1.29, 1.82) is 0 Å². The Morgan fingerprint density at radius 3 is 2.45 bits per heavy atom. The number of hydrogen-bond acceptors (Lipinski definition) is 3. The summed E-state index contributed by atoms with van der Waals surface area (Å²) in [5, 5.41) is 10.3. The Hall–Kier alpha value is -1.52. The lowest BCUT2D eigenvalue weighted by molar-refractivity contribution is 0.0707. The fourth-order valence-corrected chi connectivity index (χ4v) is 2.33. The maximum absolute atomic E-state index is 14.0. The van der Waals surface area contributed by atoms with Crippen molar-refractivity contribution >= 4 is 51.5 Å². The van der Waals surface area contributed by atoms with E-state index in [4.69, 9.17) is 16.8 Å². The summed E-state index contributed by atoms with van der Waals surface area (Å²) in [6.07, 6.45) is 0. The number of amides is 1. The minimum absolute atomic E-state index is 0.173. The van der Waals surface area contributed by atoms with Crippen molar-refractivity contribution in [2.24, 2.45) is 0 Å². The van der Waals surface area contributed by atoms with E-state index in [1.54, 1.807) is 0 Å². The lowest BCUT2D eigenvalue weighted by Crippen LogP contribution is -2.21. The third kappa shape index (κ3) is 3.28. The first-order valence-electron chi connectivity index (χ1n) is 5.69. The van der Waals surface area contributed by atoms with Gasteiger partial charge in [0.25, 0.3) is 5.91 Å². The maximum Gasteiger partial charge on any atom is 0.276 e. The molecule has 22 heavy (non-hydrogen) atoms. The second-order valence-electron chi connectivity index (χ2n) is 4.10. The molecule has 0 fully saturated rings. The average Bonchev–Trinajstić information content (AvgIpc) is 2.49. The summed E-state index contributed by atoms with van der Waals surface area (Å²) in [5.74, 6) is -4.72. The summed E-state index contributed by atoms with van der Waals surface area (Å²) in [6.45, 7) is 0. The molecule has 2 rings (SSSR count). The molecule has 0 unspecified atom stereocenters. The highest BCUT2D eigenvalue weighted by molar-refractivity contribution is 14.1. The molecule has 0 heterocycles. The lowest BCUT2D eigenvalue weighted by atomic mass is 10.1. The van der Waals surface area contributed by atoms with Crippen LogP contribution in [0.2, 0.25) is 5.02 Å². The third-order valence-electron chi connectivity index (χ3n) is 2.70. The van der Waals surface area contributed by atoms with Crippen molar-refractivity contribution in [2.75, 3.05) is 5.32 Å². The van der Waals surface area contributed by atoms with Crippen LogP contribution in [0.25, 0.3) is 0 Å². The molecule has 0 radical (unpaired) electrons. The summed E-state index contributed by atoms with van der Waals surface area (Å²) in [6, 6.07) is 4.81. The quantitative estimate of drug-likeness (QED) is 0.289. The fraction of sp³-hybridized carbons (Fsp3) is 0. The molecule has 0 aliphatic rings. The normalized spacial score (nSPS) is 10.5. The Bertz CT molecular complexity index is 759. The Kier molecular flexibility index (Phi) is 5.14. The summed E-state index contributed by atoms with van der Waals surface area (Å²) in [5.41, 5.74) is -0.0166. The largest absolute Gasteiger partial charge is 0.350 e. The summed E-state index contributed by atoms with van der Waals surface area (Å²) in [7, 11) is 0. The number of anilines is 2. The van der Waals surface area contributed by atoms with Gasteiger partial charge in [0, 0.05) is 3.57 Å². The average molecular weight is 443 g/mol. The molecule has 0 bridgehead atoms. The van der Waals surface area contributed by atoms with Crippen molar-refractivity contribution < 1.29 is 23.2 Å². The Morgan fingerprint density at radius 1 is 1.18 bits per heavy atom. The molecule has 116 valence electrons. The molecule has 0 saturated heterocycles. The Balaban J connectivity index is 2.58. The molecule has 0 aromatic heterocycles. The summed E-state index contributed by atoms with van der Waals surface area (Å²) >= 11 is 7.34. The van der Waals surface area contributed by atoms with Crippen molar-refractivity contribution in [3.8, 4) is 0 Å². The lowest BCUT2D eigenvalue weighted by Gasteiger charge is -2.14. The van der Waals surface area contributed by atoms with Gasteiger partial charge in [0.05, 0.1) is 22.0 Å². The van der Waals surface area contributed by atoms with Crippen LogP contribution in [-0.4, -0.2) is 11.1 Å². The molecule has 2 aromatic rings. The van der Waals surface area contributed by atoms with Crippen molar-refractivity contribution in [1.82, 2.24) is 5.48 Å². The summed E-state index contributed by atoms with van der Waals surface area (Å²) < 4.78 is 42.0. The van der Waals surface area contributed by atoms with Gasteiger partial charge >= 0.3 is 0 Å². The highest BCUT2D eigenvalue weighted by atomic mass is 127. The first-order valence-corrected chi connectivity index (χ1v) is 7.14. The molecule has 0 aliphatic heterocycles. The number of rotatable bonds is 3. The van der Waals surface area contributed by atoms with E-state index in [2.05, 4.69) is 5.32 Å². The SMILES string of the molecule is O=C(NO)c1cc(Cl)c(F)c(F)c1Nc1ccc(I)cc1F. The first kappa shape index (κ1) is 16.8. The third-order valence-corrected chi connectivity index (χ3v) is 3.65. The van der Waals surface area contributed by atoms with Gasteiger partial charge in [0.2, 0.25) is 0 Å². The van der Waals surface area contributed by atoms with E-state index in [1.165, 1.54) is 23.7 Å². The van der Waals surface area contributed by atoms with Crippen LogP contribution in [0.4, 0.5) is 24.5 Å². The van der Waals surface area contributed by atoms with Gasteiger partial charge in [0.15, 0.2) is 11.6 Å². The minimum atomic E-state index is -1.47. The van der Waals surface area contributed by atoms with Gasteiger partial charge in [-0.15, -0.1) is 0 Å². The number of halogens is 5. The smallest absolute Gasteiger partial charge is 0.276 e. The van der Waals surface area contributed by atoms with Crippen molar-refractivity contribution in [3.63, 3.8) is 0 Å². The molecule has 0 atom stereocenters. The van der Waals surface area contributed by atoms with E-state index in [0.29, 0.717) is 3.57 Å². The number of hydroxylamine groups is 1. The Labute approximate surface area is 141 Å². The van der Waals surface area contributed by atoms with Gasteiger partial charge in [0.1, 0.15) is 5.82 Å². The van der Waals surface area contributed by atoms with Gasteiger partial charge in [-0.2, -0.15) is 0 Å². The zero-order valence-electron chi connectivity index (χ0n) is 10.6. The predicted molar refractivity (Wildman–Crippen MR) is 83.0 cm³/mol. The monoisotopic (exact) mass is 442 g/mol. The van der Waals surface area contributed by atoms with Crippen LogP contribution in [0.15, 0.2) is 24.3 Å². The highest BCUT2D eigenvalue weighted by Gasteiger charge is 2.22. The summed E-state index contributed by atoms with van der Waals surface area (Å²) in [4.78, 5) is 11.5. The molecule has 9 heteroatoms. The zero-order chi connectivity index (χ0) is 16.4. The topological polar surface area (TPSA) is 61.4 Å². The molecule has 4 nitrogen and oxygen atoms in total. The van der Waals surface area contributed by atoms with Crippen LogP contribution in [0, 0.1) is 21.0 Å². The molecule has 1 amide bonds. The van der Waals surface area contributed by atoms with Gasteiger partial charge in [-0.25, -0.2) is 18.7 Å². The van der Waals surface area contributed by atoms with Crippen LogP contribution in [0.1, 0.15) is 10.4 Å². The maximum atomic E-state index is 14.0. The first-order chi connectivity index (χ1) is 10.3. The van der Waals surface area contributed by atoms with E-state index < -0.39 is 39.6 Å². The molecule has 0 saturated carbocycles. The fourth-order valence-electron chi connectivity index (χ4n) is 1.68. The van der Waals surface area contributed by atoms with Crippen LogP contribution in [-0.2, 0) is 0 Å². The van der Waals surface area contributed by atoms with Crippen LogP contribution in [0.5, 0.6) is 0 Å². The van der Waals surface area contributed by atoms with Crippen LogP contribution in [0.3, 0.4) is 0 Å². The minimum Gasteiger partial charge on any atom is -0.350 e. The van der Waals surface area contributed by atoms with Crippen LogP contribution >= 0.6 is 34.2 Å². The number of hydrogen-bond donors (Lipinski definition) is 3. The van der Waals surface area contributed by atoms with Crippen molar-refractivity contribution in [2.45, 2.75) is 0 Å². The zero-order valence-corrected chi connectivity index (χ0v) is 13.5. The van der Waals surface area contributed by atoms with Gasteiger partial charge in [-0.05, 0) is 46.9 Å². The second-order valence-corrected chi connectivity index (χ2v) is 5.75. The van der Waals surface area contributed by atoms with E-state index >= 15 is 0 Å². The van der Waals surface area contributed by atoms with Gasteiger partial charge < -0.3 is 5.32 Å². The molecule has 0 aliphatic carbocycles. The molecule has 3 N–H and O–H groups in total. The number of benzene rings is 2. The Morgan fingerprint density at radius 2 is 1.86 bits per heavy atom.